The fraction of sp³-hybridized carbons (Fsp3) is 0.0500. The highest BCUT2D eigenvalue weighted by Gasteiger charge is 2.15. The second-order valence-corrected chi connectivity index (χ2v) is 5.75. The van der Waals surface area contributed by atoms with Gasteiger partial charge in [0, 0.05) is 10.8 Å². The normalized spacial score (nSPS) is 11.3. The predicted molar refractivity (Wildman–Crippen MR) is 90.1 cm³/mol. The van der Waals surface area contributed by atoms with Crippen LogP contribution in [0.3, 0.4) is 0 Å². The third kappa shape index (κ3) is 2.19. The largest absolute Gasteiger partial charge is 0.419 e. The summed E-state index contributed by atoms with van der Waals surface area (Å²) in [7, 11) is 0. The zero-order valence-corrected chi connectivity index (χ0v) is 12.8. The van der Waals surface area contributed by atoms with Crippen molar-refractivity contribution in [2.45, 2.75) is 6.92 Å². The van der Waals surface area contributed by atoms with Crippen molar-refractivity contribution in [3.8, 4) is 11.1 Å². The first-order valence-corrected chi connectivity index (χ1v) is 7.46. The minimum Gasteiger partial charge on any atom is -0.419 e. The maximum Gasteiger partial charge on any atom is 0.344 e. The zero-order valence-electron chi connectivity index (χ0n) is 12.8. The Bertz CT molecular complexity index is 1140. The standard InChI is InChI=1S/C20H12F2O2/c1-11-2-4-12(5-3-11)13-6-7-14-15-8-9-17(21)18(22)19(15)24-20(23)16(14)10-13/h2-10H,1H3. The van der Waals surface area contributed by atoms with E-state index in [0.29, 0.717) is 16.2 Å². The van der Waals surface area contributed by atoms with Crippen LogP contribution in [0.25, 0.3) is 32.9 Å². The molecule has 4 aromatic rings. The van der Waals surface area contributed by atoms with Crippen LogP contribution in [0.2, 0.25) is 0 Å². The Kier molecular flexibility index (Phi) is 3.20. The Morgan fingerprint density at radius 2 is 1.46 bits per heavy atom. The van der Waals surface area contributed by atoms with Crippen LogP contribution < -0.4 is 5.63 Å². The number of hydrogen-bond acceptors (Lipinski definition) is 2. The van der Waals surface area contributed by atoms with E-state index in [-0.39, 0.29) is 5.58 Å². The van der Waals surface area contributed by atoms with Gasteiger partial charge in [-0.05, 0) is 36.2 Å². The summed E-state index contributed by atoms with van der Waals surface area (Å²) in [5.41, 5.74) is 1.93. The van der Waals surface area contributed by atoms with Gasteiger partial charge in [0.1, 0.15) is 0 Å². The molecule has 1 heterocycles. The summed E-state index contributed by atoms with van der Waals surface area (Å²) in [6.45, 7) is 2.00. The van der Waals surface area contributed by atoms with E-state index >= 15 is 0 Å². The molecule has 0 amide bonds. The first-order chi connectivity index (χ1) is 11.5. The molecule has 0 N–H and O–H groups in total. The lowest BCUT2D eigenvalue weighted by Crippen LogP contribution is -2.02. The summed E-state index contributed by atoms with van der Waals surface area (Å²) in [5.74, 6) is -2.18. The van der Waals surface area contributed by atoms with Crippen LogP contribution in [0, 0.1) is 18.6 Å². The number of halogens is 2. The van der Waals surface area contributed by atoms with Gasteiger partial charge in [0.05, 0.1) is 5.39 Å². The summed E-state index contributed by atoms with van der Waals surface area (Å²) in [4.78, 5) is 12.2. The smallest absolute Gasteiger partial charge is 0.344 e. The van der Waals surface area contributed by atoms with E-state index in [4.69, 9.17) is 4.42 Å². The van der Waals surface area contributed by atoms with Crippen molar-refractivity contribution in [1.29, 1.82) is 0 Å². The molecular weight excluding hydrogens is 310 g/mol. The number of aryl methyl sites for hydroxylation is 1. The van der Waals surface area contributed by atoms with Crippen LogP contribution in [-0.2, 0) is 0 Å². The SMILES string of the molecule is Cc1ccc(-c2ccc3c(c2)c(=O)oc2c(F)c(F)ccc23)cc1. The minimum absolute atomic E-state index is 0.339. The highest BCUT2D eigenvalue weighted by atomic mass is 19.2. The van der Waals surface area contributed by atoms with Gasteiger partial charge in [-0.25, -0.2) is 9.18 Å². The topological polar surface area (TPSA) is 30.2 Å². The molecule has 4 rings (SSSR count). The Labute approximate surface area is 136 Å². The molecule has 0 radical (unpaired) electrons. The second-order valence-electron chi connectivity index (χ2n) is 5.75. The third-order valence-corrected chi connectivity index (χ3v) is 4.16. The molecule has 0 saturated carbocycles. The lowest BCUT2D eigenvalue weighted by atomic mass is 9.99. The van der Waals surface area contributed by atoms with Gasteiger partial charge in [0.15, 0.2) is 11.4 Å². The molecule has 24 heavy (non-hydrogen) atoms. The van der Waals surface area contributed by atoms with E-state index < -0.39 is 17.3 Å². The maximum absolute atomic E-state index is 13.9. The molecule has 0 fully saturated rings. The summed E-state index contributed by atoms with van der Waals surface area (Å²) in [5, 5.41) is 1.25. The summed E-state index contributed by atoms with van der Waals surface area (Å²) in [6, 6.07) is 15.7. The second kappa shape index (κ2) is 5.27. The first-order valence-electron chi connectivity index (χ1n) is 7.46. The molecule has 1 aromatic heterocycles. The molecule has 0 aliphatic rings. The Hall–Kier alpha value is -3.01. The Morgan fingerprint density at radius 3 is 2.21 bits per heavy atom. The van der Waals surface area contributed by atoms with Crippen molar-refractivity contribution in [2.75, 3.05) is 0 Å². The van der Waals surface area contributed by atoms with Crippen molar-refractivity contribution in [1.82, 2.24) is 0 Å². The molecule has 0 bridgehead atoms. The third-order valence-electron chi connectivity index (χ3n) is 4.16. The van der Waals surface area contributed by atoms with Crippen molar-refractivity contribution >= 4 is 21.7 Å². The molecule has 0 saturated heterocycles. The molecule has 4 heteroatoms. The van der Waals surface area contributed by atoms with Crippen LogP contribution in [-0.4, -0.2) is 0 Å². The van der Waals surface area contributed by atoms with E-state index in [1.165, 1.54) is 6.07 Å². The average Bonchev–Trinajstić information content (AvgIpc) is 2.59. The van der Waals surface area contributed by atoms with Gasteiger partial charge < -0.3 is 4.42 Å². The highest BCUT2D eigenvalue weighted by molar-refractivity contribution is 6.05. The zero-order chi connectivity index (χ0) is 16.8. The van der Waals surface area contributed by atoms with Gasteiger partial charge in [-0.15, -0.1) is 0 Å². The fourth-order valence-electron chi connectivity index (χ4n) is 2.87. The van der Waals surface area contributed by atoms with Crippen molar-refractivity contribution in [3.05, 3.63) is 82.2 Å². The molecule has 3 aromatic carbocycles. The molecular formula is C20H12F2O2. The van der Waals surface area contributed by atoms with Crippen LogP contribution in [0.4, 0.5) is 8.78 Å². The number of fused-ring (bicyclic) bond motifs is 3. The summed E-state index contributed by atoms with van der Waals surface area (Å²) in [6.07, 6.45) is 0. The van der Waals surface area contributed by atoms with Gasteiger partial charge >= 0.3 is 5.63 Å². The maximum atomic E-state index is 13.9. The molecule has 0 unspecified atom stereocenters. The van der Waals surface area contributed by atoms with Crippen molar-refractivity contribution < 1.29 is 13.2 Å². The molecule has 2 nitrogen and oxygen atoms in total. The first kappa shape index (κ1) is 14.6. The Balaban J connectivity index is 2.03. The van der Waals surface area contributed by atoms with Gasteiger partial charge in [-0.2, -0.15) is 4.39 Å². The van der Waals surface area contributed by atoms with Crippen LogP contribution in [0.15, 0.2) is 63.8 Å². The number of benzene rings is 3. The summed E-state index contributed by atoms with van der Waals surface area (Å²) < 4.78 is 32.3. The molecule has 0 spiro atoms. The van der Waals surface area contributed by atoms with E-state index in [0.717, 1.165) is 22.8 Å². The average molecular weight is 322 g/mol. The van der Waals surface area contributed by atoms with E-state index in [9.17, 15) is 13.6 Å². The number of rotatable bonds is 1. The highest BCUT2D eigenvalue weighted by Crippen LogP contribution is 2.29. The van der Waals surface area contributed by atoms with Gasteiger partial charge in [0.2, 0.25) is 5.82 Å². The molecule has 0 aliphatic carbocycles. The van der Waals surface area contributed by atoms with Crippen LogP contribution in [0.5, 0.6) is 0 Å². The molecule has 0 atom stereocenters. The predicted octanol–water partition coefficient (Wildman–Crippen LogP) is 5.20. The van der Waals surface area contributed by atoms with Gasteiger partial charge in [-0.1, -0.05) is 42.0 Å². The van der Waals surface area contributed by atoms with E-state index in [1.54, 1.807) is 12.1 Å². The van der Waals surface area contributed by atoms with E-state index in [1.807, 2.05) is 37.3 Å². The summed E-state index contributed by atoms with van der Waals surface area (Å²) >= 11 is 0. The quantitative estimate of drug-likeness (QED) is 0.356. The molecule has 0 aliphatic heterocycles. The fourth-order valence-corrected chi connectivity index (χ4v) is 2.87. The Morgan fingerprint density at radius 1 is 0.792 bits per heavy atom. The van der Waals surface area contributed by atoms with Gasteiger partial charge in [-0.3, -0.25) is 0 Å². The van der Waals surface area contributed by atoms with Gasteiger partial charge in [0.25, 0.3) is 0 Å². The minimum atomic E-state index is -1.14. The van der Waals surface area contributed by atoms with Crippen molar-refractivity contribution in [2.24, 2.45) is 0 Å². The number of hydrogen-bond donors (Lipinski definition) is 0. The van der Waals surface area contributed by atoms with Crippen LogP contribution in [0.1, 0.15) is 5.56 Å². The van der Waals surface area contributed by atoms with E-state index in [2.05, 4.69) is 0 Å². The molecule has 118 valence electrons. The monoisotopic (exact) mass is 322 g/mol. The lowest BCUT2D eigenvalue weighted by molar-refractivity contribution is 0.480. The van der Waals surface area contributed by atoms with Crippen molar-refractivity contribution in [3.63, 3.8) is 0 Å². The lowest BCUT2D eigenvalue weighted by Gasteiger charge is -2.07. The van der Waals surface area contributed by atoms with Crippen LogP contribution >= 0.6 is 0 Å².